The van der Waals surface area contributed by atoms with E-state index in [1.807, 2.05) is 18.4 Å². The predicted octanol–water partition coefficient (Wildman–Crippen LogP) is 1.30. The van der Waals surface area contributed by atoms with Crippen LogP contribution in [0.25, 0.3) is 0 Å². The van der Waals surface area contributed by atoms with Crippen LogP contribution in [0.4, 0.5) is 4.79 Å². The summed E-state index contributed by atoms with van der Waals surface area (Å²) in [4.78, 5) is 36.6. The van der Waals surface area contributed by atoms with Gasteiger partial charge in [-0.2, -0.15) is 0 Å². The van der Waals surface area contributed by atoms with Gasteiger partial charge in [0.2, 0.25) is 0 Å². The molecule has 1 aliphatic heterocycles. The Balaban J connectivity index is 2.06. The number of hydrogen-bond donors (Lipinski definition) is 3. The molecule has 0 saturated heterocycles. The Hall–Kier alpha value is -2.09. The van der Waals surface area contributed by atoms with E-state index < -0.39 is 30.4 Å². The van der Waals surface area contributed by atoms with Gasteiger partial charge in [0.05, 0.1) is 12.5 Å². The molecule has 0 aromatic carbocycles. The fourth-order valence-electron chi connectivity index (χ4n) is 2.39. The maximum atomic E-state index is 12.2. The van der Waals surface area contributed by atoms with E-state index in [2.05, 4.69) is 5.32 Å². The van der Waals surface area contributed by atoms with Gasteiger partial charge >= 0.3 is 18.0 Å². The first-order valence-corrected chi connectivity index (χ1v) is 7.36. The lowest BCUT2D eigenvalue weighted by molar-refractivity contribution is -0.145. The first-order chi connectivity index (χ1) is 9.90. The van der Waals surface area contributed by atoms with Gasteiger partial charge in [0.25, 0.3) is 0 Å². The lowest BCUT2D eigenvalue weighted by Gasteiger charge is -2.34. The largest absolute Gasteiger partial charge is 0.481 e. The van der Waals surface area contributed by atoms with Crippen molar-refractivity contribution in [1.82, 2.24) is 10.2 Å². The van der Waals surface area contributed by atoms with Crippen molar-refractivity contribution in [3.05, 3.63) is 21.9 Å². The number of carboxylic acids is 2. The SMILES string of the molecule is CC1c2ccsc2CCN1C(=O)N[C@@H](CC(=O)O)C(=O)O. The normalized spacial score (nSPS) is 18.7. The summed E-state index contributed by atoms with van der Waals surface area (Å²) in [5, 5.41) is 21.9. The fourth-order valence-corrected chi connectivity index (χ4v) is 3.36. The molecule has 1 aliphatic rings. The van der Waals surface area contributed by atoms with Crippen LogP contribution in [0, 0.1) is 0 Å². The molecule has 0 aliphatic carbocycles. The Morgan fingerprint density at radius 2 is 2.19 bits per heavy atom. The number of fused-ring (bicyclic) bond motifs is 1. The van der Waals surface area contributed by atoms with E-state index in [1.165, 1.54) is 9.78 Å². The Morgan fingerprint density at radius 3 is 2.81 bits per heavy atom. The minimum Gasteiger partial charge on any atom is -0.481 e. The average molecular weight is 312 g/mol. The molecule has 2 amide bonds. The second-order valence-corrected chi connectivity index (χ2v) is 5.86. The molecule has 0 fully saturated rings. The molecule has 114 valence electrons. The van der Waals surface area contributed by atoms with Gasteiger partial charge in [-0.25, -0.2) is 9.59 Å². The molecule has 2 rings (SSSR count). The van der Waals surface area contributed by atoms with E-state index in [-0.39, 0.29) is 6.04 Å². The van der Waals surface area contributed by atoms with Crippen LogP contribution in [0.5, 0.6) is 0 Å². The van der Waals surface area contributed by atoms with E-state index in [0.29, 0.717) is 6.54 Å². The van der Waals surface area contributed by atoms with Crippen molar-refractivity contribution in [3.63, 3.8) is 0 Å². The first kappa shape index (κ1) is 15.3. The lowest BCUT2D eigenvalue weighted by atomic mass is 10.0. The zero-order chi connectivity index (χ0) is 15.6. The third-order valence-corrected chi connectivity index (χ3v) is 4.51. The van der Waals surface area contributed by atoms with Crippen LogP contribution in [0.1, 0.15) is 29.8 Å². The third kappa shape index (κ3) is 3.33. The Labute approximate surface area is 125 Å². The quantitative estimate of drug-likeness (QED) is 0.777. The van der Waals surface area contributed by atoms with Gasteiger partial charge in [0.1, 0.15) is 6.04 Å². The summed E-state index contributed by atoms with van der Waals surface area (Å²) in [5.74, 6) is -2.62. The number of amides is 2. The van der Waals surface area contributed by atoms with Crippen LogP contribution in [0.15, 0.2) is 11.4 Å². The third-order valence-electron chi connectivity index (χ3n) is 3.51. The molecule has 1 aromatic heterocycles. The van der Waals surface area contributed by atoms with Gasteiger partial charge < -0.3 is 20.4 Å². The van der Waals surface area contributed by atoms with Crippen molar-refractivity contribution >= 4 is 29.3 Å². The molecule has 1 unspecified atom stereocenters. The molecule has 0 spiro atoms. The van der Waals surface area contributed by atoms with Crippen LogP contribution in [-0.2, 0) is 16.0 Å². The van der Waals surface area contributed by atoms with Gasteiger partial charge in [0.15, 0.2) is 0 Å². The number of carbonyl (C=O) groups excluding carboxylic acids is 1. The van der Waals surface area contributed by atoms with Gasteiger partial charge in [-0.15, -0.1) is 11.3 Å². The van der Waals surface area contributed by atoms with Crippen molar-refractivity contribution in [1.29, 1.82) is 0 Å². The summed E-state index contributed by atoms with van der Waals surface area (Å²) in [7, 11) is 0. The van der Waals surface area contributed by atoms with Crippen LogP contribution in [0.2, 0.25) is 0 Å². The topological polar surface area (TPSA) is 107 Å². The molecular formula is C13H16N2O5S. The molecule has 8 heteroatoms. The van der Waals surface area contributed by atoms with Gasteiger partial charge in [-0.05, 0) is 30.4 Å². The second-order valence-electron chi connectivity index (χ2n) is 4.86. The summed E-state index contributed by atoms with van der Waals surface area (Å²) in [5.41, 5.74) is 1.06. The molecule has 21 heavy (non-hydrogen) atoms. The van der Waals surface area contributed by atoms with Crippen molar-refractivity contribution in [2.75, 3.05) is 6.54 Å². The highest BCUT2D eigenvalue weighted by Crippen LogP contribution is 2.32. The summed E-state index contributed by atoms with van der Waals surface area (Å²) in [6.07, 6.45) is 0.0778. The fraction of sp³-hybridized carbons (Fsp3) is 0.462. The number of carboxylic acid groups (broad SMARTS) is 2. The number of urea groups is 1. The Bertz CT molecular complexity index is 571. The maximum absolute atomic E-state index is 12.2. The summed E-state index contributed by atoms with van der Waals surface area (Å²) in [6.45, 7) is 2.36. The van der Waals surface area contributed by atoms with Crippen LogP contribution in [0.3, 0.4) is 0 Å². The number of carbonyl (C=O) groups is 3. The van der Waals surface area contributed by atoms with E-state index in [9.17, 15) is 14.4 Å². The predicted molar refractivity (Wildman–Crippen MR) is 75.4 cm³/mol. The molecule has 0 saturated carbocycles. The smallest absolute Gasteiger partial charge is 0.326 e. The summed E-state index contributed by atoms with van der Waals surface area (Å²) < 4.78 is 0. The van der Waals surface area contributed by atoms with Gasteiger partial charge in [-0.1, -0.05) is 0 Å². The standard InChI is InChI=1S/C13H16N2O5S/c1-7-8-3-5-21-10(8)2-4-15(7)13(20)14-9(12(18)19)6-11(16)17/h3,5,7,9H,2,4,6H2,1H3,(H,14,20)(H,16,17)(H,18,19)/t7?,9-/m0/s1. The minimum absolute atomic E-state index is 0.153. The molecule has 2 atom stereocenters. The maximum Gasteiger partial charge on any atom is 0.326 e. The zero-order valence-electron chi connectivity index (χ0n) is 11.4. The van der Waals surface area contributed by atoms with Crippen LogP contribution >= 0.6 is 11.3 Å². The molecule has 1 aromatic rings. The average Bonchev–Trinajstić information content (AvgIpc) is 2.86. The van der Waals surface area contributed by atoms with Gasteiger partial charge in [0, 0.05) is 11.4 Å². The lowest BCUT2D eigenvalue weighted by Crippen LogP contribution is -2.50. The second kappa shape index (κ2) is 6.13. The number of rotatable bonds is 4. The van der Waals surface area contributed by atoms with Crippen LogP contribution in [-0.4, -0.2) is 45.7 Å². The number of nitrogens with zero attached hydrogens (tertiary/aromatic N) is 1. The highest BCUT2D eigenvalue weighted by molar-refractivity contribution is 7.10. The monoisotopic (exact) mass is 312 g/mol. The van der Waals surface area contributed by atoms with Crippen molar-refractivity contribution in [2.24, 2.45) is 0 Å². The summed E-state index contributed by atoms with van der Waals surface area (Å²) >= 11 is 1.64. The van der Waals surface area contributed by atoms with E-state index in [1.54, 1.807) is 11.3 Å². The molecule has 2 heterocycles. The zero-order valence-corrected chi connectivity index (χ0v) is 12.2. The highest BCUT2D eigenvalue weighted by Gasteiger charge is 2.31. The number of hydrogen-bond acceptors (Lipinski definition) is 4. The number of thiophene rings is 1. The molecule has 0 radical (unpaired) electrons. The molecule has 0 bridgehead atoms. The van der Waals surface area contributed by atoms with E-state index in [4.69, 9.17) is 10.2 Å². The Kier molecular flexibility index (Phi) is 4.46. The Morgan fingerprint density at radius 1 is 1.48 bits per heavy atom. The minimum atomic E-state index is -1.42. The highest BCUT2D eigenvalue weighted by atomic mass is 32.1. The van der Waals surface area contributed by atoms with Gasteiger partial charge in [-0.3, -0.25) is 4.79 Å². The molecule has 3 N–H and O–H groups in total. The first-order valence-electron chi connectivity index (χ1n) is 6.48. The molecule has 7 nitrogen and oxygen atoms in total. The number of aliphatic carboxylic acids is 2. The van der Waals surface area contributed by atoms with E-state index >= 15 is 0 Å². The number of nitrogens with one attached hydrogen (secondary N) is 1. The van der Waals surface area contributed by atoms with Crippen molar-refractivity contribution in [3.8, 4) is 0 Å². The van der Waals surface area contributed by atoms with Crippen molar-refractivity contribution < 1.29 is 24.6 Å². The molecular weight excluding hydrogens is 296 g/mol. The van der Waals surface area contributed by atoms with Crippen molar-refractivity contribution in [2.45, 2.75) is 31.8 Å². The van der Waals surface area contributed by atoms with E-state index in [0.717, 1.165) is 12.0 Å². The summed E-state index contributed by atoms with van der Waals surface area (Å²) in [6, 6.07) is -0.172. The van der Waals surface area contributed by atoms with Crippen LogP contribution < -0.4 is 5.32 Å².